The minimum absolute atomic E-state index is 0.0183. The molecule has 0 saturated carbocycles. The van der Waals surface area contributed by atoms with Gasteiger partial charge in [0.15, 0.2) is 0 Å². The SMILES string of the molecule is CCN1CCC[C@@H]1CNC(=O)c1ccc(Cl)c(S(=O)(=O)N2CCCC2)c1. The second-order valence-corrected chi connectivity index (χ2v) is 9.20. The maximum Gasteiger partial charge on any atom is 0.251 e. The number of hydrogen-bond donors (Lipinski definition) is 1. The summed E-state index contributed by atoms with van der Waals surface area (Å²) in [6.45, 7) is 5.74. The molecule has 1 aromatic carbocycles. The first-order valence-electron chi connectivity index (χ1n) is 9.25. The van der Waals surface area contributed by atoms with Crippen LogP contribution in [0.4, 0.5) is 0 Å². The van der Waals surface area contributed by atoms with E-state index in [0.29, 0.717) is 31.2 Å². The first-order chi connectivity index (χ1) is 12.4. The van der Waals surface area contributed by atoms with Gasteiger partial charge >= 0.3 is 0 Å². The number of carbonyl (C=O) groups is 1. The van der Waals surface area contributed by atoms with E-state index in [1.165, 1.54) is 16.4 Å². The van der Waals surface area contributed by atoms with Crippen LogP contribution in [-0.2, 0) is 10.0 Å². The fourth-order valence-electron chi connectivity index (χ4n) is 3.77. The number of benzene rings is 1. The molecule has 2 saturated heterocycles. The molecule has 1 atom stereocenters. The standard InChI is InChI=1S/C18H26ClN3O3S/c1-2-21-9-5-6-15(21)13-20-18(23)14-7-8-16(19)17(12-14)26(24,25)22-10-3-4-11-22/h7-8,12,15H,2-6,9-11,13H2,1H3,(H,20,23)/t15-/m1/s1. The van der Waals surface area contributed by atoms with E-state index >= 15 is 0 Å². The minimum Gasteiger partial charge on any atom is -0.350 e. The molecule has 6 nitrogen and oxygen atoms in total. The second-order valence-electron chi connectivity index (χ2n) is 6.89. The number of hydrogen-bond acceptors (Lipinski definition) is 4. The van der Waals surface area contributed by atoms with E-state index in [-0.39, 0.29) is 15.8 Å². The van der Waals surface area contributed by atoms with Crippen molar-refractivity contribution in [2.24, 2.45) is 0 Å². The Kier molecular flexibility index (Phi) is 6.22. The molecule has 3 rings (SSSR count). The van der Waals surface area contributed by atoms with Crippen molar-refractivity contribution in [2.75, 3.05) is 32.7 Å². The van der Waals surface area contributed by atoms with E-state index in [2.05, 4.69) is 17.1 Å². The minimum atomic E-state index is -3.66. The van der Waals surface area contributed by atoms with Crippen LogP contribution in [0.5, 0.6) is 0 Å². The van der Waals surface area contributed by atoms with Crippen molar-refractivity contribution < 1.29 is 13.2 Å². The lowest BCUT2D eigenvalue weighted by Gasteiger charge is -2.23. The smallest absolute Gasteiger partial charge is 0.251 e. The van der Waals surface area contributed by atoms with Crippen molar-refractivity contribution in [1.29, 1.82) is 0 Å². The van der Waals surface area contributed by atoms with E-state index in [0.717, 1.165) is 38.8 Å². The Bertz CT molecular complexity index is 763. The number of nitrogens with one attached hydrogen (secondary N) is 1. The Balaban J connectivity index is 1.73. The van der Waals surface area contributed by atoms with Gasteiger partial charge in [0.1, 0.15) is 4.90 Å². The third-order valence-electron chi connectivity index (χ3n) is 5.28. The topological polar surface area (TPSA) is 69.7 Å². The van der Waals surface area contributed by atoms with Gasteiger partial charge < -0.3 is 5.32 Å². The molecule has 0 aliphatic carbocycles. The number of likely N-dealkylation sites (N-methyl/N-ethyl adjacent to an activating group) is 1. The number of carbonyl (C=O) groups excluding carboxylic acids is 1. The van der Waals surface area contributed by atoms with Crippen LogP contribution >= 0.6 is 11.6 Å². The van der Waals surface area contributed by atoms with Crippen molar-refractivity contribution in [3.8, 4) is 0 Å². The molecule has 144 valence electrons. The highest BCUT2D eigenvalue weighted by Gasteiger charge is 2.30. The van der Waals surface area contributed by atoms with Crippen LogP contribution < -0.4 is 5.32 Å². The zero-order valence-electron chi connectivity index (χ0n) is 15.1. The van der Waals surface area contributed by atoms with Crippen molar-refractivity contribution in [1.82, 2.24) is 14.5 Å². The van der Waals surface area contributed by atoms with Crippen molar-refractivity contribution in [2.45, 2.75) is 43.5 Å². The van der Waals surface area contributed by atoms with Gasteiger partial charge in [-0.1, -0.05) is 18.5 Å². The van der Waals surface area contributed by atoms with Crippen molar-refractivity contribution >= 4 is 27.5 Å². The van der Waals surface area contributed by atoms with Gasteiger partial charge in [-0.15, -0.1) is 0 Å². The van der Waals surface area contributed by atoms with Crippen LogP contribution in [0.15, 0.2) is 23.1 Å². The Hall–Kier alpha value is -1.15. The molecule has 1 aromatic rings. The average molecular weight is 400 g/mol. The Morgan fingerprint density at radius 3 is 2.65 bits per heavy atom. The van der Waals surface area contributed by atoms with E-state index in [9.17, 15) is 13.2 Å². The molecule has 26 heavy (non-hydrogen) atoms. The number of likely N-dealkylation sites (tertiary alicyclic amines) is 1. The third-order valence-corrected chi connectivity index (χ3v) is 7.66. The molecule has 0 aromatic heterocycles. The zero-order chi connectivity index (χ0) is 18.7. The van der Waals surface area contributed by atoms with Crippen molar-refractivity contribution in [3.63, 3.8) is 0 Å². The summed E-state index contributed by atoms with van der Waals surface area (Å²) in [7, 11) is -3.66. The number of amides is 1. The molecule has 0 spiro atoms. The van der Waals surface area contributed by atoms with Crippen LogP contribution in [-0.4, -0.2) is 62.3 Å². The summed E-state index contributed by atoms with van der Waals surface area (Å²) >= 11 is 6.14. The number of nitrogens with zero attached hydrogens (tertiary/aromatic N) is 2. The summed E-state index contributed by atoms with van der Waals surface area (Å²) < 4.78 is 27.0. The van der Waals surface area contributed by atoms with E-state index in [1.807, 2.05) is 0 Å². The van der Waals surface area contributed by atoms with Gasteiger partial charge in [0.2, 0.25) is 10.0 Å². The van der Waals surface area contributed by atoms with Crippen LogP contribution in [0, 0.1) is 0 Å². The van der Waals surface area contributed by atoms with Crippen LogP contribution in [0.3, 0.4) is 0 Å². The Morgan fingerprint density at radius 1 is 1.23 bits per heavy atom. The number of rotatable bonds is 6. The molecule has 2 aliphatic rings. The molecule has 1 N–H and O–H groups in total. The summed E-state index contributed by atoms with van der Waals surface area (Å²) in [6.07, 6.45) is 3.93. The van der Waals surface area contributed by atoms with Crippen LogP contribution in [0.25, 0.3) is 0 Å². The molecule has 0 radical (unpaired) electrons. The van der Waals surface area contributed by atoms with E-state index in [4.69, 9.17) is 11.6 Å². The van der Waals surface area contributed by atoms with E-state index in [1.54, 1.807) is 6.07 Å². The fourth-order valence-corrected chi connectivity index (χ4v) is 5.78. The summed E-state index contributed by atoms with van der Waals surface area (Å²) in [5.74, 6) is -0.262. The van der Waals surface area contributed by atoms with Gasteiger partial charge in [-0.05, 0) is 57.0 Å². The number of sulfonamides is 1. The molecular weight excluding hydrogens is 374 g/mol. The summed E-state index contributed by atoms with van der Waals surface area (Å²) in [5.41, 5.74) is 0.327. The molecule has 0 bridgehead atoms. The molecule has 0 unspecified atom stereocenters. The predicted octanol–water partition coefficient (Wildman–Crippen LogP) is 2.34. The second kappa shape index (κ2) is 8.25. The lowest BCUT2D eigenvalue weighted by molar-refractivity contribution is 0.0941. The van der Waals surface area contributed by atoms with Gasteiger partial charge in [0.25, 0.3) is 5.91 Å². The summed E-state index contributed by atoms with van der Waals surface area (Å²) in [5, 5.41) is 3.09. The maximum atomic E-state index is 12.8. The highest BCUT2D eigenvalue weighted by Crippen LogP contribution is 2.28. The summed E-state index contributed by atoms with van der Waals surface area (Å²) in [6, 6.07) is 4.82. The quantitative estimate of drug-likeness (QED) is 0.797. The molecule has 1 amide bonds. The van der Waals surface area contributed by atoms with Gasteiger partial charge in [-0.25, -0.2) is 8.42 Å². The molecule has 2 aliphatic heterocycles. The molecular formula is C18H26ClN3O3S. The average Bonchev–Trinajstić information content (AvgIpc) is 3.31. The summed E-state index contributed by atoms with van der Waals surface area (Å²) in [4.78, 5) is 14.9. The molecule has 2 fully saturated rings. The van der Waals surface area contributed by atoms with Crippen molar-refractivity contribution in [3.05, 3.63) is 28.8 Å². The fraction of sp³-hybridized carbons (Fsp3) is 0.611. The lowest BCUT2D eigenvalue weighted by atomic mass is 10.2. The van der Waals surface area contributed by atoms with Gasteiger partial charge in [0.05, 0.1) is 5.02 Å². The third kappa shape index (κ3) is 4.06. The normalized spacial score (nSPS) is 22.0. The Labute approximate surface area is 160 Å². The van der Waals surface area contributed by atoms with Gasteiger partial charge in [0, 0.05) is 31.2 Å². The molecule has 8 heteroatoms. The predicted molar refractivity (Wildman–Crippen MR) is 102 cm³/mol. The largest absolute Gasteiger partial charge is 0.350 e. The van der Waals surface area contributed by atoms with Crippen LogP contribution in [0.1, 0.15) is 43.0 Å². The highest BCUT2D eigenvalue weighted by atomic mass is 35.5. The first-order valence-corrected chi connectivity index (χ1v) is 11.1. The maximum absolute atomic E-state index is 12.8. The zero-order valence-corrected chi connectivity index (χ0v) is 16.7. The van der Waals surface area contributed by atoms with E-state index < -0.39 is 10.0 Å². The molecule has 2 heterocycles. The lowest BCUT2D eigenvalue weighted by Crippen LogP contribution is -2.40. The monoisotopic (exact) mass is 399 g/mol. The van der Waals surface area contributed by atoms with Gasteiger partial charge in [-0.3, -0.25) is 9.69 Å². The van der Waals surface area contributed by atoms with Gasteiger partial charge in [-0.2, -0.15) is 4.31 Å². The Morgan fingerprint density at radius 2 is 1.96 bits per heavy atom. The number of halogens is 1. The van der Waals surface area contributed by atoms with Crippen LogP contribution in [0.2, 0.25) is 5.02 Å². The highest BCUT2D eigenvalue weighted by molar-refractivity contribution is 7.89. The first kappa shape index (κ1) is 19.6.